The Hall–Kier alpha value is -3.08. The van der Waals surface area contributed by atoms with Gasteiger partial charge >= 0.3 is 0 Å². The Labute approximate surface area is 171 Å². The summed E-state index contributed by atoms with van der Waals surface area (Å²) < 4.78 is 8.13. The topological polar surface area (TPSA) is 56.1 Å². The van der Waals surface area contributed by atoms with Gasteiger partial charge in [-0.05, 0) is 56.0 Å². The summed E-state index contributed by atoms with van der Waals surface area (Å²) >= 11 is 0. The number of nitrogens with zero attached hydrogens (tertiary/aromatic N) is 2. The van der Waals surface area contributed by atoms with Crippen LogP contribution in [0.2, 0.25) is 0 Å². The van der Waals surface area contributed by atoms with Crippen LogP contribution in [0.1, 0.15) is 53.4 Å². The summed E-state index contributed by atoms with van der Waals surface area (Å²) in [7, 11) is 0. The molecule has 1 aliphatic rings. The Morgan fingerprint density at radius 3 is 2.72 bits per heavy atom. The lowest BCUT2D eigenvalue weighted by atomic mass is 10.1. The number of carbonyl (C=O) groups excluding carboxylic acids is 1. The van der Waals surface area contributed by atoms with E-state index in [-0.39, 0.29) is 5.91 Å². The average molecular weight is 389 g/mol. The third kappa shape index (κ3) is 4.50. The minimum absolute atomic E-state index is 0.0269. The van der Waals surface area contributed by atoms with Crippen molar-refractivity contribution >= 4 is 5.91 Å². The molecule has 0 radical (unpaired) electrons. The van der Waals surface area contributed by atoms with Crippen molar-refractivity contribution in [3.8, 4) is 11.4 Å². The summed E-state index contributed by atoms with van der Waals surface area (Å²) in [5.74, 6) is 0.712. The van der Waals surface area contributed by atoms with Crippen molar-refractivity contribution in [1.29, 1.82) is 0 Å². The smallest absolute Gasteiger partial charge is 0.251 e. The van der Waals surface area contributed by atoms with Gasteiger partial charge in [-0.3, -0.25) is 4.79 Å². The number of aromatic nitrogens is 2. The van der Waals surface area contributed by atoms with Crippen LogP contribution in [0.15, 0.2) is 54.7 Å². The normalized spacial score (nSPS) is 13.3. The number of hydrogen-bond acceptors (Lipinski definition) is 3. The first-order chi connectivity index (χ1) is 14.2. The summed E-state index contributed by atoms with van der Waals surface area (Å²) in [6.07, 6.45) is 5.99. The molecule has 3 aromatic rings. The molecule has 0 aliphatic heterocycles. The van der Waals surface area contributed by atoms with E-state index in [4.69, 9.17) is 4.74 Å². The fraction of sp³-hybridized carbons (Fsp3) is 0.333. The first-order valence-electron chi connectivity index (χ1n) is 10.3. The van der Waals surface area contributed by atoms with Crippen LogP contribution in [0.5, 0.6) is 5.75 Å². The van der Waals surface area contributed by atoms with Gasteiger partial charge in [0.25, 0.3) is 5.91 Å². The molecule has 5 nitrogen and oxygen atoms in total. The lowest BCUT2D eigenvalue weighted by molar-refractivity contribution is 0.0950. The van der Waals surface area contributed by atoms with Gasteiger partial charge in [-0.25, -0.2) is 4.68 Å². The molecule has 0 atom stereocenters. The van der Waals surface area contributed by atoms with Crippen molar-refractivity contribution in [3.05, 3.63) is 77.1 Å². The summed E-state index contributed by atoms with van der Waals surface area (Å²) in [4.78, 5) is 12.4. The fourth-order valence-corrected chi connectivity index (χ4v) is 3.37. The highest BCUT2D eigenvalue weighted by atomic mass is 16.5. The van der Waals surface area contributed by atoms with Crippen molar-refractivity contribution in [2.45, 2.75) is 52.2 Å². The molecule has 2 aromatic carbocycles. The van der Waals surface area contributed by atoms with Crippen LogP contribution in [-0.4, -0.2) is 21.7 Å². The van der Waals surface area contributed by atoms with Gasteiger partial charge in [-0.1, -0.05) is 37.6 Å². The third-order valence-corrected chi connectivity index (χ3v) is 5.19. The highest BCUT2D eigenvalue weighted by Crippen LogP contribution is 2.24. The highest BCUT2D eigenvalue weighted by Gasteiger charge is 2.24. The van der Waals surface area contributed by atoms with Crippen LogP contribution in [0.3, 0.4) is 0 Å². The van der Waals surface area contributed by atoms with Crippen LogP contribution in [-0.2, 0) is 13.0 Å². The van der Waals surface area contributed by atoms with E-state index in [0.29, 0.717) is 18.2 Å². The van der Waals surface area contributed by atoms with Gasteiger partial charge in [0.15, 0.2) is 0 Å². The predicted octanol–water partition coefficient (Wildman–Crippen LogP) is 4.60. The zero-order valence-electron chi connectivity index (χ0n) is 17.0. The van der Waals surface area contributed by atoms with Crippen LogP contribution in [0, 0.1) is 6.92 Å². The van der Waals surface area contributed by atoms with E-state index in [1.165, 1.54) is 5.69 Å². The average Bonchev–Trinajstić information content (AvgIpc) is 3.46. The highest BCUT2D eigenvalue weighted by molar-refractivity contribution is 5.95. The molecule has 5 heteroatoms. The van der Waals surface area contributed by atoms with Crippen LogP contribution in [0.4, 0.5) is 0 Å². The van der Waals surface area contributed by atoms with Crippen LogP contribution < -0.4 is 10.1 Å². The molecule has 0 spiro atoms. The Balaban J connectivity index is 1.53. The molecule has 150 valence electrons. The number of benzene rings is 2. The quantitative estimate of drug-likeness (QED) is 0.612. The van der Waals surface area contributed by atoms with E-state index in [0.717, 1.165) is 48.2 Å². The van der Waals surface area contributed by atoms with Crippen molar-refractivity contribution in [2.24, 2.45) is 0 Å². The summed E-state index contributed by atoms with van der Waals surface area (Å²) in [6.45, 7) is 4.59. The van der Waals surface area contributed by atoms with Gasteiger partial charge in [0.1, 0.15) is 12.4 Å². The predicted molar refractivity (Wildman–Crippen MR) is 114 cm³/mol. The molecule has 1 N–H and O–H groups in total. The SMILES string of the molecule is CCCc1c(COc2cc(C(=O)NC3CC3)ccc2C)cnn1-c1ccccc1. The molecule has 4 rings (SSSR count). The molecule has 0 saturated heterocycles. The molecule has 1 heterocycles. The Morgan fingerprint density at radius 1 is 1.21 bits per heavy atom. The minimum Gasteiger partial charge on any atom is -0.488 e. The van der Waals surface area contributed by atoms with E-state index in [9.17, 15) is 4.79 Å². The monoisotopic (exact) mass is 389 g/mol. The van der Waals surface area contributed by atoms with Gasteiger partial charge in [0.2, 0.25) is 0 Å². The molecule has 0 unspecified atom stereocenters. The maximum atomic E-state index is 12.4. The van der Waals surface area contributed by atoms with E-state index >= 15 is 0 Å². The molecule has 1 aromatic heterocycles. The number of aryl methyl sites for hydroxylation is 1. The molecular formula is C24H27N3O2. The molecule has 29 heavy (non-hydrogen) atoms. The second-order valence-electron chi connectivity index (χ2n) is 7.63. The number of rotatable bonds is 8. The van der Waals surface area contributed by atoms with Crippen LogP contribution >= 0.6 is 0 Å². The number of nitrogens with one attached hydrogen (secondary N) is 1. The third-order valence-electron chi connectivity index (χ3n) is 5.19. The number of amides is 1. The van der Waals surface area contributed by atoms with Crippen molar-refractivity contribution in [1.82, 2.24) is 15.1 Å². The lowest BCUT2D eigenvalue weighted by Gasteiger charge is -2.13. The van der Waals surface area contributed by atoms with Crippen molar-refractivity contribution in [2.75, 3.05) is 0 Å². The second-order valence-corrected chi connectivity index (χ2v) is 7.63. The minimum atomic E-state index is -0.0269. The molecule has 0 bridgehead atoms. The maximum absolute atomic E-state index is 12.4. The van der Waals surface area contributed by atoms with E-state index < -0.39 is 0 Å². The largest absolute Gasteiger partial charge is 0.488 e. The lowest BCUT2D eigenvalue weighted by Crippen LogP contribution is -2.25. The molecule has 1 aliphatic carbocycles. The number of ether oxygens (including phenoxy) is 1. The summed E-state index contributed by atoms with van der Waals surface area (Å²) in [5.41, 5.74) is 4.95. The summed E-state index contributed by atoms with van der Waals surface area (Å²) in [6, 6.07) is 16.1. The molecule has 1 saturated carbocycles. The Kier molecular flexibility index (Phi) is 5.65. The zero-order chi connectivity index (χ0) is 20.2. The first kappa shape index (κ1) is 19.2. The summed E-state index contributed by atoms with van der Waals surface area (Å²) in [5, 5.41) is 7.63. The maximum Gasteiger partial charge on any atom is 0.251 e. The second kappa shape index (κ2) is 8.52. The van der Waals surface area contributed by atoms with Gasteiger partial charge in [-0.15, -0.1) is 0 Å². The molecule has 1 fully saturated rings. The zero-order valence-corrected chi connectivity index (χ0v) is 17.0. The van der Waals surface area contributed by atoms with E-state index in [1.54, 1.807) is 0 Å². The van der Waals surface area contributed by atoms with Gasteiger partial charge in [0, 0.05) is 17.2 Å². The number of carbonyl (C=O) groups is 1. The van der Waals surface area contributed by atoms with Crippen molar-refractivity contribution in [3.63, 3.8) is 0 Å². The first-order valence-corrected chi connectivity index (χ1v) is 10.3. The Morgan fingerprint density at radius 2 is 2.00 bits per heavy atom. The van der Waals surface area contributed by atoms with E-state index in [1.807, 2.05) is 54.2 Å². The van der Waals surface area contributed by atoms with Gasteiger partial charge in [-0.2, -0.15) is 5.10 Å². The van der Waals surface area contributed by atoms with Crippen molar-refractivity contribution < 1.29 is 9.53 Å². The number of hydrogen-bond donors (Lipinski definition) is 1. The van der Waals surface area contributed by atoms with Gasteiger partial charge in [0.05, 0.1) is 17.6 Å². The molecule has 1 amide bonds. The molecular weight excluding hydrogens is 362 g/mol. The van der Waals surface area contributed by atoms with E-state index in [2.05, 4.69) is 29.5 Å². The Bertz CT molecular complexity index is 991. The van der Waals surface area contributed by atoms with Gasteiger partial charge < -0.3 is 10.1 Å². The number of para-hydroxylation sites is 1. The standard InChI is InChI=1S/C24H27N3O2/c1-3-7-22-19(15-25-27(22)21-8-5-4-6-9-21)16-29-23-14-18(11-10-17(23)2)24(28)26-20-12-13-20/h4-6,8-11,14-15,20H,3,7,12-13,16H2,1-2H3,(H,26,28). The van der Waals surface area contributed by atoms with Crippen LogP contribution in [0.25, 0.3) is 5.69 Å². The fourth-order valence-electron chi connectivity index (χ4n) is 3.37.